The number of carbonyl (C=O) groups excluding carboxylic acids is 1. The zero-order valence-corrected chi connectivity index (χ0v) is 11.5. The highest BCUT2D eigenvalue weighted by molar-refractivity contribution is 9.10. The van der Waals surface area contributed by atoms with E-state index in [0.717, 1.165) is 10.0 Å². The van der Waals surface area contributed by atoms with Crippen LogP contribution < -0.4 is 5.32 Å². The molecule has 0 saturated heterocycles. The van der Waals surface area contributed by atoms with Crippen LogP contribution >= 0.6 is 27.3 Å². The van der Waals surface area contributed by atoms with E-state index in [9.17, 15) is 4.79 Å². The molecule has 1 aromatic rings. The largest absolute Gasteiger partial charge is 0.375 e. The Morgan fingerprint density at radius 2 is 2.44 bits per heavy atom. The van der Waals surface area contributed by atoms with Crippen molar-refractivity contribution >= 4 is 33.2 Å². The highest BCUT2D eigenvalue weighted by atomic mass is 79.9. The minimum absolute atomic E-state index is 0.0687. The van der Waals surface area contributed by atoms with Crippen LogP contribution in [0.2, 0.25) is 0 Å². The molecule has 3 nitrogen and oxygen atoms in total. The summed E-state index contributed by atoms with van der Waals surface area (Å²) in [6.45, 7) is 7.18. The van der Waals surface area contributed by atoms with E-state index in [1.165, 1.54) is 11.3 Å². The van der Waals surface area contributed by atoms with E-state index in [1.807, 2.05) is 18.4 Å². The molecule has 0 unspecified atom stereocenters. The molecule has 1 N–H and O–H groups in total. The van der Waals surface area contributed by atoms with Gasteiger partial charge in [-0.15, -0.1) is 11.3 Å². The maximum Gasteiger partial charge on any atom is 0.262 e. The summed E-state index contributed by atoms with van der Waals surface area (Å²) >= 11 is 4.73. The molecule has 0 bridgehead atoms. The number of rotatable bonds is 6. The fraction of sp³-hybridized carbons (Fsp3) is 0.364. The molecule has 1 heterocycles. The predicted molar refractivity (Wildman–Crippen MR) is 70.0 cm³/mol. The molecule has 1 aromatic heterocycles. The first-order valence-electron chi connectivity index (χ1n) is 4.84. The SMILES string of the molecule is C=C(C)COCCNC(=O)c1sccc1Br. The topological polar surface area (TPSA) is 38.3 Å². The number of carbonyl (C=O) groups is 1. The average molecular weight is 304 g/mol. The van der Waals surface area contributed by atoms with Crippen LogP contribution in [0.15, 0.2) is 28.1 Å². The Balaban J connectivity index is 2.21. The molecule has 0 aliphatic carbocycles. The molecule has 1 rings (SSSR count). The van der Waals surface area contributed by atoms with Gasteiger partial charge in [-0.25, -0.2) is 0 Å². The molecule has 0 fully saturated rings. The van der Waals surface area contributed by atoms with E-state index >= 15 is 0 Å². The lowest BCUT2D eigenvalue weighted by Gasteiger charge is -2.05. The maximum atomic E-state index is 11.6. The number of thiophene rings is 1. The Bertz CT molecular complexity index is 376. The van der Waals surface area contributed by atoms with Crippen molar-refractivity contribution in [2.45, 2.75) is 6.92 Å². The van der Waals surface area contributed by atoms with Crippen LogP contribution in [0.1, 0.15) is 16.6 Å². The maximum absolute atomic E-state index is 11.6. The second-order valence-corrected chi connectivity index (χ2v) is 5.13. The minimum Gasteiger partial charge on any atom is -0.375 e. The zero-order chi connectivity index (χ0) is 12.0. The normalized spacial score (nSPS) is 10.1. The molecule has 0 aliphatic rings. The predicted octanol–water partition coefficient (Wildman–Crippen LogP) is 2.83. The van der Waals surface area contributed by atoms with Crippen LogP contribution in [0, 0.1) is 0 Å². The molecule has 0 aromatic carbocycles. The first-order valence-corrected chi connectivity index (χ1v) is 6.52. The summed E-state index contributed by atoms with van der Waals surface area (Å²) in [5.41, 5.74) is 0.979. The van der Waals surface area contributed by atoms with Gasteiger partial charge in [-0.1, -0.05) is 12.2 Å². The van der Waals surface area contributed by atoms with Gasteiger partial charge in [0.1, 0.15) is 4.88 Å². The summed E-state index contributed by atoms with van der Waals surface area (Å²) in [5, 5.41) is 4.66. The monoisotopic (exact) mass is 303 g/mol. The van der Waals surface area contributed by atoms with Gasteiger partial charge in [-0.2, -0.15) is 0 Å². The third-order valence-corrected chi connectivity index (χ3v) is 3.54. The molecule has 5 heteroatoms. The molecule has 1 amide bonds. The standard InChI is InChI=1S/C11H14BrNO2S/c1-8(2)7-15-5-4-13-11(14)10-9(12)3-6-16-10/h3,6H,1,4-5,7H2,2H3,(H,13,14). The lowest BCUT2D eigenvalue weighted by atomic mass is 10.4. The number of amides is 1. The third kappa shape index (κ3) is 4.47. The summed E-state index contributed by atoms with van der Waals surface area (Å²) in [6, 6.07) is 1.86. The van der Waals surface area contributed by atoms with Crippen LogP contribution in [-0.2, 0) is 4.74 Å². The van der Waals surface area contributed by atoms with E-state index in [2.05, 4.69) is 27.8 Å². The Morgan fingerprint density at radius 3 is 3.00 bits per heavy atom. The van der Waals surface area contributed by atoms with Gasteiger partial charge < -0.3 is 10.1 Å². The van der Waals surface area contributed by atoms with Crippen molar-refractivity contribution < 1.29 is 9.53 Å². The van der Waals surface area contributed by atoms with Gasteiger partial charge in [-0.05, 0) is 34.3 Å². The van der Waals surface area contributed by atoms with Gasteiger partial charge in [0.25, 0.3) is 5.91 Å². The van der Waals surface area contributed by atoms with Gasteiger partial charge in [0.15, 0.2) is 0 Å². The van der Waals surface area contributed by atoms with E-state index in [0.29, 0.717) is 24.6 Å². The zero-order valence-electron chi connectivity index (χ0n) is 9.09. The summed E-state index contributed by atoms with van der Waals surface area (Å²) in [5.74, 6) is -0.0687. The highest BCUT2D eigenvalue weighted by Crippen LogP contribution is 2.21. The van der Waals surface area contributed by atoms with Crippen LogP contribution in [0.25, 0.3) is 0 Å². The van der Waals surface area contributed by atoms with E-state index < -0.39 is 0 Å². The summed E-state index contributed by atoms with van der Waals surface area (Å²) in [4.78, 5) is 12.3. The smallest absolute Gasteiger partial charge is 0.262 e. The summed E-state index contributed by atoms with van der Waals surface area (Å²) in [7, 11) is 0. The van der Waals surface area contributed by atoms with Crippen molar-refractivity contribution in [2.24, 2.45) is 0 Å². The van der Waals surface area contributed by atoms with Crippen LogP contribution in [0.3, 0.4) is 0 Å². The van der Waals surface area contributed by atoms with Gasteiger partial charge in [0.05, 0.1) is 13.2 Å². The first kappa shape index (κ1) is 13.4. The van der Waals surface area contributed by atoms with E-state index in [-0.39, 0.29) is 5.91 Å². The van der Waals surface area contributed by atoms with Crippen molar-refractivity contribution in [1.29, 1.82) is 0 Å². The third-order valence-electron chi connectivity index (χ3n) is 1.70. The van der Waals surface area contributed by atoms with Crippen LogP contribution in [0.4, 0.5) is 0 Å². The fourth-order valence-electron chi connectivity index (χ4n) is 1.02. The minimum atomic E-state index is -0.0687. The van der Waals surface area contributed by atoms with Gasteiger partial charge >= 0.3 is 0 Å². The molecular formula is C11H14BrNO2S. The van der Waals surface area contributed by atoms with Gasteiger partial charge in [0.2, 0.25) is 0 Å². The highest BCUT2D eigenvalue weighted by Gasteiger charge is 2.10. The number of hydrogen-bond donors (Lipinski definition) is 1. The Kier molecular flexibility index (Phi) is 5.73. The molecule has 0 spiro atoms. The van der Waals surface area contributed by atoms with Crippen molar-refractivity contribution in [3.63, 3.8) is 0 Å². The second-order valence-electron chi connectivity index (χ2n) is 3.36. The number of ether oxygens (including phenoxy) is 1. The van der Waals surface area contributed by atoms with E-state index in [1.54, 1.807) is 0 Å². The van der Waals surface area contributed by atoms with Crippen molar-refractivity contribution in [2.75, 3.05) is 19.8 Å². The number of halogens is 1. The Hall–Kier alpha value is -0.650. The molecule has 0 aliphatic heterocycles. The van der Waals surface area contributed by atoms with Gasteiger partial charge in [-0.3, -0.25) is 4.79 Å². The lowest BCUT2D eigenvalue weighted by Crippen LogP contribution is -2.26. The molecular weight excluding hydrogens is 290 g/mol. The fourth-order valence-corrected chi connectivity index (χ4v) is 2.49. The second kappa shape index (κ2) is 6.83. The number of hydrogen-bond acceptors (Lipinski definition) is 3. The Morgan fingerprint density at radius 1 is 1.69 bits per heavy atom. The Labute approximate surface area is 108 Å². The van der Waals surface area contributed by atoms with E-state index in [4.69, 9.17) is 4.74 Å². The van der Waals surface area contributed by atoms with Crippen molar-refractivity contribution in [3.8, 4) is 0 Å². The average Bonchev–Trinajstić information content (AvgIpc) is 2.63. The summed E-state index contributed by atoms with van der Waals surface area (Å²) in [6.07, 6.45) is 0. The molecule has 0 radical (unpaired) electrons. The van der Waals surface area contributed by atoms with Gasteiger partial charge in [0, 0.05) is 11.0 Å². The summed E-state index contributed by atoms with van der Waals surface area (Å²) < 4.78 is 6.10. The number of nitrogens with one attached hydrogen (secondary N) is 1. The lowest BCUT2D eigenvalue weighted by molar-refractivity contribution is 0.0930. The first-order chi connectivity index (χ1) is 7.61. The quantitative estimate of drug-likeness (QED) is 0.648. The molecule has 0 atom stereocenters. The molecule has 16 heavy (non-hydrogen) atoms. The van der Waals surface area contributed by atoms with Crippen LogP contribution in [-0.4, -0.2) is 25.7 Å². The van der Waals surface area contributed by atoms with Crippen molar-refractivity contribution in [3.05, 3.63) is 32.9 Å². The molecule has 88 valence electrons. The van der Waals surface area contributed by atoms with Crippen LogP contribution in [0.5, 0.6) is 0 Å². The molecule has 0 saturated carbocycles. The van der Waals surface area contributed by atoms with Crippen molar-refractivity contribution in [1.82, 2.24) is 5.32 Å².